The van der Waals surface area contributed by atoms with Crippen LogP contribution in [0.1, 0.15) is 32.6 Å². The summed E-state index contributed by atoms with van der Waals surface area (Å²) in [5.41, 5.74) is 0. The van der Waals surface area contributed by atoms with Crippen molar-refractivity contribution in [3.8, 4) is 0 Å². The Hall–Kier alpha value is -1.14. The fourth-order valence-corrected chi connectivity index (χ4v) is 2.43. The molecule has 0 saturated carbocycles. The van der Waals surface area contributed by atoms with E-state index in [1.807, 2.05) is 0 Å². The first-order valence-electron chi connectivity index (χ1n) is 7.13. The third-order valence-electron chi connectivity index (χ3n) is 3.44. The first kappa shape index (κ1) is 15.9. The molecule has 6 nitrogen and oxygen atoms in total. The minimum absolute atomic E-state index is 0.214. The van der Waals surface area contributed by atoms with Crippen molar-refractivity contribution in [1.29, 1.82) is 0 Å². The number of urea groups is 1. The molecule has 0 aromatic rings. The fourth-order valence-electron chi connectivity index (χ4n) is 2.43. The number of nitrogens with one attached hydrogen (secondary N) is 3. The van der Waals surface area contributed by atoms with Gasteiger partial charge in [0.1, 0.15) is 0 Å². The van der Waals surface area contributed by atoms with E-state index in [2.05, 4.69) is 27.8 Å². The quantitative estimate of drug-likeness (QED) is 0.649. The number of carbonyl (C=O) groups excluding carboxylic acids is 2. The normalized spacial score (nSPS) is 16.4. The van der Waals surface area contributed by atoms with Gasteiger partial charge in [0.2, 0.25) is 5.91 Å². The minimum Gasteiger partial charge on any atom is -0.341 e. The summed E-state index contributed by atoms with van der Waals surface area (Å²) < 4.78 is 0. The molecule has 0 aromatic heterocycles. The molecule has 1 rings (SSSR count). The third-order valence-corrected chi connectivity index (χ3v) is 3.44. The zero-order valence-corrected chi connectivity index (χ0v) is 12.0. The monoisotopic (exact) mass is 270 g/mol. The van der Waals surface area contributed by atoms with Crippen LogP contribution in [0.25, 0.3) is 0 Å². The van der Waals surface area contributed by atoms with E-state index < -0.39 is 6.03 Å². The van der Waals surface area contributed by atoms with Crippen LogP contribution in [0.4, 0.5) is 4.79 Å². The van der Waals surface area contributed by atoms with Gasteiger partial charge in [-0.25, -0.2) is 4.79 Å². The lowest BCUT2D eigenvalue weighted by Gasteiger charge is -2.34. The van der Waals surface area contributed by atoms with E-state index in [0.717, 1.165) is 45.4 Å². The van der Waals surface area contributed by atoms with Gasteiger partial charge in [-0.2, -0.15) is 0 Å². The van der Waals surface area contributed by atoms with Gasteiger partial charge >= 0.3 is 6.03 Å². The molecule has 110 valence electrons. The average Bonchev–Trinajstić information content (AvgIpc) is 2.44. The Labute approximate surface area is 115 Å². The van der Waals surface area contributed by atoms with Gasteiger partial charge in [0.25, 0.3) is 0 Å². The van der Waals surface area contributed by atoms with E-state index >= 15 is 0 Å². The Morgan fingerprint density at radius 3 is 2.53 bits per heavy atom. The highest BCUT2D eigenvalue weighted by Crippen LogP contribution is 2.12. The molecular formula is C13H26N4O2. The predicted molar refractivity (Wildman–Crippen MR) is 75.0 cm³/mol. The molecule has 0 atom stereocenters. The lowest BCUT2D eigenvalue weighted by atomic mass is 10.0. The molecule has 6 heteroatoms. The van der Waals surface area contributed by atoms with Gasteiger partial charge < -0.3 is 10.6 Å². The van der Waals surface area contributed by atoms with Crippen LogP contribution in [0.15, 0.2) is 0 Å². The van der Waals surface area contributed by atoms with E-state index in [-0.39, 0.29) is 5.91 Å². The smallest absolute Gasteiger partial charge is 0.321 e. The van der Waals surface area contributed by atoms with Crippen LogP contribution in [0.2, 0.25) is 0 Å². The largest absolute Gasteiger partial charge is 0.341 e. The van der Waals surface area contributed by atoms with Crippen molar-refractivity contribution in [2.75, 3.05) is 33.2 Å². The second-order valence-electron chi connectivity index (χ2n) is 4.89. The van der Waals surface area contributed by atoms with E-state index in [9.17, 15) is 9.59 Å². The number of hydrogen-bond donors (Lipinski definition) is 3. The summed E-state index contributed by atoms with van der Waals surface area (Å²) >= 11 is 0. The molecule has 3 amide bonds. The standard InChI is InChI=1S/C13H26N4O2/c1-3-9-17(11-4-7-15-8-5-11)10-6-12(18)16-13(19)14-2/h11,15H,3-10H2,1-2H3,(H2,14,16,18,19). The second-order valence-corrected chi connectivity index (χ2v) is 4.89. The first-order chi connectivity index (χ1) is 9.17. The summed E-state index contributed by atoms with van der Waals surface area (Å²) in [5.74, 6) is -0.214. The topological polar surface area (TPSA) is 73.5 Å². The van der Waals surface area contributed by atoms with Gasteiger partial charge in [0.05, 0.1) is 0 Å². The molecule has 1 aliphatic rings. The van der Waals surface area contributed by atoms with E-state index in [1.54, 1.807) is 0 Å². The van der Waals surface area contributed by atoms with Crippen molar-refractivity contribution in [1.82, 2.24) is 20.9 Å². The summed E-state index contributed by atoms with van der Waals surface area (Å²) in [7, 11) is 1.50. The molecule has 1 fully saturated rings. The Morgan fingerprint density at radius 2 is 1.95 bits per heavy atom. The SMILES string of the molecule is CCCN(CCC(=O)NC(=O)NC)C1CCNCC1. The molecule has 0 aliphatic carbocycles. The highest BCUT2D eigenvalue weighted by atomic mass is 16.2. The maximum atomic E-state index is 11.6. The highest BCUT2D eigenvalue weighted by molar-refractivity contribution is 5.94. The molecule has 1 saturated heterocycles. The van der Waals surface area contributed by atoms with Crippen LogP contribution in [-0.4, -0.2) is 56.1 Å². The number of hydrogen-bond acceptors (Lipinski definition) is 4. The molecule has 19 heavy (non-hydrogen) atoms. The van der Waals surface area contributed by atoms with Gasteiger partial charge in [0.15, 0.2) is 0 Å². The van der Waals surface area contributed by atoms with Crippen LogP contribution in [0.5, 0.6) is 0 Å². The average molecular weight is 270 g/mol. The van der Waals surface area contributed by atoms with Crippen LogP contribution in [-0.2, 0) is 4.79 Å². The van der Waals surface area contributed by atoms with Crippen molar-refractivity contribution in [2.45, 2.75) is 38.6 Å². The maximum Gasteiger partial charge on any atom is 0.321 e. The minimum atomic E-state index is -0.436. The van der Waals surface area contributed by atoms with Gasteiger partial charge in [0, 0.05) is 26.1 Å². The van der Waals surface area contributed by atoms with Crippen molar-refractivity contribution < 1.29 is 9.59 Å². The number of nitrogens with zero attached hydrogens (tertiary/aromatic N) is 1. The van der Waals surface area contributed by atoms with Crippen LogP contribution < -0.4 is 16.0 Å². The maximum absolute atomic E-state index is 11.6. The molecule has 0 spiro atoms. The van der Waals surface area contributed by atoms with Crippen molar-refractivity contribution in [2.24, 2.45) is 0 Å². The summed E-state index contributed by atoms with van der Waals surface area (Å²) in [6, 6.07) is 0.128. The summed E-state index contributed by atoms with van der Waals surface area (Å²) in [4.78, 5) is 25.0. The van der Waals surface area contributed by atoms with E-state index in [0.29, 0.717) is 12.5 Å². The van der Waals surface area contributed by atoms with Gasteiger partial charge in [-0.15, -0.1) is 0 Å². The Bertz CT molecular complexity index is 290. The number of carbonyl (C=O) groups is 2. The number of amides is 3. The highest BCUT2D eigenvalue weighted by Gasteiger charge is 2.20. The first-order valence-corrected chi connectivity index (χ1v) is 7.13. The van der Waals surface area contributed by atoms with Gasteiger partial charge in [-0.3, -0.25) is 15.0 Å². The predicted octanol–water partition coefficient (Wildman–Crippen LogP) is 0.296. The molecule has 0 unspecified atom stereocenters. The van der Waals surface area contributed by atoms with Crippen molar-refractivity contribution in [3.63, 3.8) is 0 Å². The second kappa shape index (κ2) is 8.87. The van der Waals surface area contributed by atoms with E-state index in [1.165, 1.54) is 7.05 Å². The van der Waals surface area contributed by atoms with Crippen LogP contribution in [0.3, 0.4) is 0 Å². The fraction of sp³-hybridized carbons (Fsp3) is 0.846. The Morgan fingerprint density at radius 1 is 1.26 bits per heavy atom. The number of piperidine rings is 1. The Balaban J connectivity index is 2.35. The lowest BCUT2D eigenvalue weighted by Crippen LogP contribution is -2.45. The Kier molecular flexibility index (Phi) is 7.43. The number of rotatable bonds is 6. The van der Waals surface area contributed by atoms with Gasteiger partial charge in [-0.05, 0) is 38.9 Å². The van der Waals surface area contributed by atoms with Crippen molar-refractivity contribution >= 4 is 11.9 Å². The molecule has 3 N–H and O–H groups in total. The zero-order valence-electron chi connectivity index (χ0n) is 12.0. The molecule has 0 bridgehead atoms. The summed E-state index contributed by atoms with van der Waals surface area (Å²) in [6.07, 6.45) is 3.73. The molecule has 1 heterocycles. The van der Waals surface area contributed by atoms with Gasteiger partial charge in [-0.1, -0.05) is 6.92 Å². The molecular weight excluding hydrogens is 244 g/mol. The van der Waals surface area contributed by atoms with Crippen LogP contribution >= 0.6 is 0 Å². The van der Waals surface area contributed by atoms with E-state index in [4.69, 9.17) is 0 Å². The molecule has 1 aliphatic heterocycles. The molecule has 0 aromatic carbocycles. The van der Waals surface area contributed by atoms with Crippen LogP contribution in [0, 0.1) is 0 Å². The molecule has 0 radical (unpaired) electrons. The number of imide groups is 1. The lowest BCUT2D eigenvalue weighted by molar-refractivity contribution is -0.120. The van der Waals surface area contributed by atoms with Crippen molar-refractivity contribution in [3.05, 3.63) is 0 Å². The summed E-state index contributed by atoms with van der Waals surface area (Å²) in [5, 5.41) is 8.03. The third kappa shape index (κ3) is 6.02. The summed E-state index contributed by atoms with van der Waals surface area (Å²) in [6.45, 7) is 5.99. The zero-order chi connectivity index (χ0) is 14.1.